The van der Waals surface area contributed by atoms with E-state index in [2.05, 4.69) is 0 Å². The molecule has 156 valence electrons. The van der Waals surface area contributed by atoms with Crippen LogP contribution in [0.15, 0.2) is 65.7 Å². The molecule has 1 unspecified atom stereocenters. The Morgan fingerprint density at radius 2 is 1.74 bits per heavy atom. The Morgan fingerprint density at radius 3 is 2.45 bits per heavy atom. The summed E-state index contributed by atoms with van der Waals surface area (Å²) in [6, 6.07) is 18.8. The van der Waals surface area contributed by atoms with E-state index >= 15 is 0 Å². The summed E-state index contributed by atoms with van der Waals surface area (Å²) in [4.78, 5) is 19.6. The van der Waals surface area contributed by atoms with E-state index in [1.54, 1.807) is 13.1 Å². The zero-order valence-corrected chi connectivity index (χ0v) is 18.2. The zero-order chi connectivity index (χ0) is 21.8. The van der Waals surface area contributed by atoms with Crippen LogP contribution in [0.3, 0.4) is 0 Å². The van der Waals surface area contributed by atoms with Crippen molar-refractivity contribution in [2.45, 2.75) is 12.0 Å². The van der Waals surface area contributed by atoms with E-state index in [0.717, 1.165) is 40.0 Å². The molecule has 31 heavy (non-hydrogen) atoms. The van der Waals surface area contributed by atoms with Crippen LogP contribution in [0.25, 0.3) is 11.1 Å². The van der Waals surface area contributed by atoms with Gasteiger partial charge in [0.15, 0.2) is 11.5 Å². The van der Waals surface area contributed by atoms with Gasteiger partial charge in [0, 0.05) is 23.5 Å². The van der Waals surface area contributed by atoms with Crippen LogP contribution >= 0.6 is 23.2 Å². The second-order valence-corrected chi connectivity index (χ2v) is 8.58. The molecule has 2 aliphatic heterocycles. The molecule has 0 bridgehead atoms. The third-order valence-electron chi connectivity index (χ3n) is 5.82. The van der Waals surface area contributed by atoms with Crippen LogP contribution in [0.1, 0.15) is 16.7 Å². The molecule has 0 aliphatic carbocycles. The fraction of sp³-hybridized carbons (Fsp3) is 0.167. The monoisotopic (exact) mass is 451 g/mol. The molecule has 2 heterocycles. The van der Waals surface area contributed by atoms with Gasteiger partial charge >= 0.3 is 0 Å². The Hall–Kier alpha value is -3.02. The van der Waals surface area contributed by atoms with Crippen molar-refractivity contribution in [3.63, 3.8) is 0 Å². The first-order chi connectivity index (χ1) is 14.9. The molecule has 3 aromatic carbocycles. The predicted molar refractivity (Wildman–Crippen MR) is 123 cm³/mol. The minimum absolute atomic E-state index is 0.179. The van der Waals surface area contributed by atoms with Gasteiger partial charge < -0.3 is 10.5 Å². The molecule has 1 atom stereocenters. The molecule has 2 aliphatic rings. The number of hydrogen-bond donors (Lipinski definition) is 1. The average molecular weight is 452 g/mol. The molecule has 2 N–H and O–H groups in total. The first-order valence-corrected chi connectivity index (χ1v) is 10.6. The Kier molecular flexibility index (Phi) is 4.68. The van der Waals surface area contributed by atoms with Crippen molar-refractivity contribution >= 4 is 35.1 Å². The van der Waals surface area contributed by atoms with Crippen molar-refractivity contribution in [3.8, 4) is 16.9 Å². The molecular weight excluding hydrogens is 433 g/mol. The predicted octanol–water partition coefficient (Wildman–Crippen LogP) is 4.63. The van der Waals surface area contributed by atoms with Crippen LogP contribution in [0.2, 0.25) is 10.0 Å². The lowest BCUT2D eigenvalue weighted by Crippen LogP contribution is -2.41. The quantitative estimate of drug-likeness (QED) is 0.631. The second kappa shape index (κ2) is 7.29. The van der Waals surface area contributed by atoms with Crippen LogP contribution in [0.4, 0.5) is 0 Å². The zero-order valence-electron chi connectivity index (χ0n) is 16.7. The lowest BCUT2D eigenvalue weighted by molar-refractivity contribution is -0.129. The van der Waals surface area contributed by atoms with Gasteiger partial charge in [0.25, 0.3) is 5.91 Å². The summed E-state index contributed by atoms with van der Waals surface area (Å²) in [5.74, 6) is 0.820. The maximum atomic E-state index is 13.6. The van der Waals surface area contributed by atoms with Gasteiger partial charge in [-0.3, -0.25) is 9.69 Å². The lowest BCUT2D eigenvalue weighted by atomic mass is 9.81. The number of fused-ring (bicyclic) bond motifs is 1. The molecule has 1 amide bonds. The number of hydrogen-bond acceptors (Lipinski definition) is 4. The standard InChI is InChI=1S/C24H19Cl2N3O2/c1-29-22(30)24(28-23(29)27,18-5-6-21-15(10-18)7-8-31-21)17-4-2-3-14(9-17)16-11-19(25)13-20(26)12-16/h2-6,9-13H,7-8H2,1H3,(H2,27,28). The molecule has 5 rings (SSSR count). The molecule has 0 aromatic heterocycles. The highest BCUT2D eigenvalue weighted by Gasteiger charge is 2.49. The number of carbonyl (C=O) groups is 1. The van der Waals surface area contributed by atoms with Crippen molar-refractivity contribution in [1.82, 2.24) is 4.90 Å². The van der Waals surface area contributed by atoms with Crippen molar-refractivity contribution in [3.05, 3.63) is 87.4 Å². The van der Waals surface area contributed by atoms with E-state index in [1.165, 1.54) is 4.90 Å². The summed E-state index contributed by atoms with van der Waals surface area (Å²) in [6.45, 7) is 0.635. The number of aliphatic imine (C=N–C) groups is 1. The number of carbonyl (C=O) groups excluding carboxylic acids is 1. The highest BCUT2D eigenvalue weighted by molar-refractivity contribution is 6.35. The molecule has 7 heteroatoms. The van der Waals surface area contributed by atoms with E-state index in [-0.39, 0.29) is 11.9 Å². The number of nitrogens with two attached hydrogens (primary N) is 1. The van der Waals surface area contributed by atoms with E-state index in [4.69, 9.17) is 38.7 Å². The first-order valence-electron chi connectivity index (χ1n) is 9.85. The minimum Gasteiger partial charge on any atom is -0.493 e. The van der Waals surface area contributed by atoms with Crippen LogP contribution < -0.4 is 10.5 Å². The molecule has 5 nitrogen and oxygen atoms in total. The fourth-order valence-electron chi connectivity index (χ4n) is 4.24. The summed E-state index contributed by atoms with van der Waals surface area (Å²) < 4.78 is 5.64. The lowest BCUT2D eigenvalue weighted by Gasteiger charge is -2.27. The molecule has 0 saturated carbocycles. The van der Waals surface area contributed by atoms with Crippen LogP contribution in [-0.4, -0.2) is 30.4 Å². The second-order valence-electron chi connectivity index (χ2n) is 7.70. The van der Waals surface area contributed by atoms with Crippen molar-refractivity contribution in [2.75, 3.05) is 13.7 Å². The molecule has 0 saturated heterocycles. The highest BCUT2D eigenvalue weighted by atomic mass is 35.5. The summed E-state index contributed by atoms with van der Waals surface area (Å²) >= 11 is 12.4. The van der Waals surface area contributed by atoms with Gasteiger partial charge in [-0.05, 0) is 64.2 Å². The number of ether oxygens (including phenoxy) is 1. The highest BCUT2D eigenvalue weighted by Crippen LogP contribution is 2.42. The molecule has 3 aromatic rings. The third kappa shape index (κ3) is 3.16. The van der Waals surface area contributed by atoms with E-state index in [9.17, 15) is 4.79 Å². The van der Waals surface area contributed by atoms with Gasteiger partial charge in [-0.1, -0.05) is 47.5 Å². The van der Waals surface area contributed by atoms with Crippen molar-refractivity contribution in [1.29, 1.82) is 0 Å². The van der Waals surface area contributed by atoms with Crippen molar-refractivity contribution in [2.24, 2.45) is 10.7 Å². The number of amides is 1. The van der Waals surface area contributed by atoms with E-state index in [1.807, 2.05) is 54.6 Å². The topological polar surface area (TPSA) is 67.9 Å². The van der Waals surface area contributed by atoms with Gasteiger partial charge in [-0.15, -0.1) is 0 Å². The molecule has 0 spiro atoms. The first kappa shape index (κ1) is 19.9. The Balaban J connectivity index is 1.71. The van der Waals surface area contributed by atoms with Crippen LogP contribution in [0.5, 0.6) is 5.75 Å². The van der Waals surface area contributed by atoms with Crippen LogP contribution in [0, 0.1) is 0 Å². The molecule has 0 radical (unpaired) electrons. The fourth-order valence-corrected chi connectivity index (χ4v) is 4.77. The van der Waals surface area contributed by atoms with Gasteiger partial charge in [-0.2, -0.15) is 0 Å². The SMILES string of the molecule is CN1C(=O)C(c2cccc(-c3cc(Cl)cc(Cl)c3)c2)(c2ccc3c(c2)CCO3)N=C1N. The Labute approximate surface area is 190 Å². The van der Waals surface area contributed by atoms with Gasteiger partial charge in [0.05, 0.1) is 6.61 Å². The largest absolute Gasteiger partial charge is 0.493 e. The third-order valence-corrected chi connectivity index (χ3v) is 6.26. The van der Waals surface area contributed by atoms with Gasteiger partial charge in [-0.25, -0.2) is 4.99 Å². The smallest absolute Gasteiger partial charge is 0.266 e. The number of nitrogens with zero attached hydrogens (tertiary/aromatic N) is 2. The molecular formula is C24H19Cl2N3O2. The number of rotatable bonds is 3. The van der Waals surface area contributed by atoms with Crippen molar-refractivity contribution < 1.29 is 9.53 Å². The maximum absolute atomic E-state index is 13.6. The number of halogens is 2. The van der Waals surface area contributed by atoms with Crippen LogP contribution in [-0.2, 0) is 16.8 Å². The number of benzene rings is 3. The average Bonchev–Trinajstić information content (AvgIpc) is 3.31. The maximum Gasteiger partial charge on any atom is 0.266 e. The van der Waals surface area contributed by atoms with Gasteiger partial charge in [0.2, 0.25) is 0 Å². The summed E-state index contributed by atoms with van der Waals surface area (Å²) in [7, 11) is 1.64. The summed E-state index contributed by atoms with van der Waals surface area (Å²) in [5.41, 5.74) is 9.12. The van der Waals surface area contributed by atoms with E-state index in [0.29, 0.717) is 16.7 Å². The summed E-state index contributed by atoms with van der Waals surface area (Å²) in [6.07, 6.45) is 0.795. The molecule has 0 fully saturated rings. The van der Waals surface area contributed by atoms with Gasteiger partial charge in [0.1, 0.15) is 5.75 Å². The normalized spacial score (nSPS) is 19.9. The Bertz CT molecular complexity index is 1240. The minimum atomic E-state index is -1.27. The van der Waals surface area contributed by atoms with E-state index < -0.39 is 5.54 Å². The number of guanidine groups is 1. The summed E-state index contributed by atoms with van der Waals surface area (Å²) in [5, 5.41) is 1.08. The Morgan fingerprint density at radius 1 is 1.00 bits per heavy atom. The number of likely N-dealkylation sites (N-methyl/N-ethyl adjacent to an activating group) is 1.